The van der Waals surface area contributed by atoms with Gasteiger partial charge in [-0.15, -0.1) is 0 Å². The van der Waals surface area contributed by atoms with Gasteiger partial charge in [-0.2, -0.15) is 5.10 Å². The lowest BCUT2D eigenvalue weighted by Gasteiger charge is -2.14. The Kier molecular flexibility index (Phi) is 6.12. The largest absolute Gasteiger partial charge is 0.457 e. The van der Waals surface area contributed by atoms with Crippen molar-refractivity contribution in [1.82, 2.24) is 20.1 Å². The van der Waals surface area contributed by atoms with Gasteiger partial charge in [0.15, 0.2) is 0 Å². The van der Waals surface area contributed by atoms with E-state index in [2.05, 4.69) is 20.1 Å². The lowest BCUT2D eigenvalue weighted by Crippen LogP contribution is -2.23. The number of ether oxygens (including phenoxy) is 1. The van der Waals surface area contributed by atoms with E-state index in [1.807, 2.05) is 18.2 Å². The Labute approximate surface area is 195 Å². The number of benzene rings is 2. The number of carbonyl (C=O) groups is 1. The van der Waals surface area contributed by atoms with Gasteiger partial charge in [0.05, 0.1) is 6.26 Å². The van der Waals surface area contributed by atoms with Crippen molar-refractivity contribution >= 4 is 32.5 Å². The third-order valence-corrected chi connectivity index (χ3v) is 5.53. The molecule has 0 saturated heterocycles. The summed E-state index contributed by atoms with van der Waals surface area (Å²) >= 11 is 0. The summed E-state index contributed by atoms with van der Waals surface area (Å²) < 4.78 is 33.3. The number of nitrogens with zero attached hydrogens (tertiary/aromatic N) is 2. The molecule has 3 N–H and O–H groups in total. The van der Waals surface area contributed by atoms with E-state index in [-0.39, 0.29) is 17.1 Å². The van der Waals surface area contributed by atoms with Gasteiger partial charge < -0.3 is 15.0 Å². The molecule has 0 fully saturated rings. The molecular formula is C23H23N5O5S. The lowest BCUT2D eigenvalue weighted by molar-refractivity contribution is 0.0951. The van der Waals surface area contributed by atoms with Gasteiger partial charge in [0.1, 0.15) is 28.4 Å². The molecule has 0 atom stereocenters. The van der Waals surface area contributed by atoms with Gasteiger partial charge in [-0.3, -0.25) is 14.3 Å². The molecule has 11 heteroatoms. The molecule has 4 rings (SSSR count). The number of H-pyrrole nitrogens is 1. The van der Waals surface area contributed by atoms with E-state index in [1.165, 1.54) is 7.05 Å². The molecule has 1 amide bonds. The van der Waals surface area contributed by atoms with Crippen molar-refractivity contribution in [3.8, 4) is 22.8 Å². The minimum absolute atomic E-state index is 0.195. The lowest BCUT2D eigenvalue weighted by atomic mass is 10.1. The fraction of sp³-hybridized carbons (Fsp3) is 0.174. The van der Waals surface area contributed by atoms with Gasteiger partial charge in [-0.25, -0.2) is 13.1 Å². The third kappa shape index (κ3) is 4.79. The average molecular weight is 482 g/mol. The van der Waals surface area contributed by atoms with E-state index in [9.17, 15) is 18.0 Å². The molecule has 0 aliphatic rings. The molecule has 10 nitrogen and oxygen atoms in total. The van der Waals surface area contributed by atoms with E-state index < -0.39 is 15.6 Å². The highest BCUT2D eigenvalue weighted by Gasteiger charge is 2.20. The van der Waals surface area contributed by atoms with Crippen molar-refractivity contribution < 1.29 is 17.9 Å². The summed E-state index contributed by atoms with van der Waals surface area (Å²) in [6.07, 6.45) is 1.05. The van der Waals surface area contributed by atoms with Crippen molar-refractivity contribution in [1.29, 1.82) is 0 Å². The number of nitrogens with one attached hydrogen (secondary N) is 3. The van der Waals surface area contributed by atoms with Crippen molar-refractivity contribution in [3.05, 3.63) is 70.6 Å². The number of amides is 1. The summed E-state index contributed by atoms with van der Waals surface area (Å²) in [5.41, 5.74) is 1.05. The fourth-order valence-electron chi connectivity index (χ4n) is 3.50. The van der Waals surface area contributed by atoms with Gasteiger partial charge in [-0.1, -0.05) is 18.2 Å². The Morgan fingerprint density at radius 1 is 1.15 bits per heavy atom. The minimum Gasteiger partial charge on any atom is -0.457 e. The van der Waals surface area contributed by atoms with Crippen LogP contribution in [0.3, 0.4) is 0 Å². The first-order chi connectivity index (χ1) is 16.2. The van der Waals surface area contributed by atoms with E-state index in [1.54, 1.807) is 43.3 Å². The minimum atomic E-state index is -3.54. The normalized spacial score (nSPS) is 11.4. The highest BCUT2D eigenvalue weighted by molar-refractivity contribution is 7.92. The number of rotatable bonds is 7. The zero-order chi connectivity index (χ0) is 24.5. The molecule has 2 aromatic carbocycles. The smallest absolute Gasteiger partial charge is 0.290 e. The Morgan fingerprint density at radius 3 is 2.56 bits per heavy atom. The number of aromatic nitrogens is 3. The number of anilines is 1. The van der Waals surface area contributed by atoms with E-state index in [0.29, 0.717) is 40.4 Å². The van der Waals surface area contributed by atoms with Crippen LogP contribution in [0.4, 0.5) is 5.69 Å². The number of aryl methyl sites for hydroxylation is 1. The van der Waals surface area contributed by atoms with Crippen LogP contribution in [0, 0.1) is 0 Å². The first-order valence-corrected chi connectivity index (χ1v) is 12.3. The predicted molar refractivity (Wildman–Crippen MR) is 130 cm³/mol. The molecule has 0 aliphatic heterocycles. The molecule has 0 unspecified atom stereocenters. The number of sulfonamides is 1. The third-order valence-electron chi connectivity index (χ3n) is 4.92. The number of aromatic amines is 1. The maximum Gasteiger partial charge on any atom is 0.290 e. The number of hydrogen-bond donors (Lipinski definition) is 3. The summed E-state index contributed by atoms with van der Waals surface area (Å²) in [5, 5.41) is 7.52. The Hall–Kier alpha value is -4.12. The number of hydrogen-bond acceptors (Lipinski definition) is 6. The molecule has 2 aromatic heterocycles. The topological polar surface area (TPSA) is 135 Å². The molecular weight excluding hydrogens is 458 g/mol. The van der Waals surface area contributed by atoms with Crippen LogP contribution in [0.1, 0.15) is 17.4 Å². The van der Waals surface area contributed by atoms with Crippen molar-refractivity contribution in [2.45, 2.75) is 6.92 Å². The van der Waals surface area contributed by atoms with Gasteiger partial charge in [0.2, 0.25) is 10.0 Å². The second kappa shape index (κ2) is 9.02. The molecule has 2 heterocycles. The number of carbonyl (C=O) groups excluding carboxylic acids is 1. The first kappa shape index (κ1) is 23.1. The Balaban J connectivity index is 1.96. The van der Waals surface area contributed by atoms with Crippen molar-refractivity contribution in [3.63, 3.8) is 0 Å². The van der Waals surface area contributed by atoms with E-state index in [0.717, 1.165) is 10.9 Å². The maximum atomic E-state index is 12.8. The number of para-hydroxylation sites is 1. The molecule has 0 aliphatic carbocycles. The van der Waals surface area contributed by atoms with E-state index >= 15 is 0 Å². The van der Waals surface area contributed by atoms with Gasteiger partial charge >= 0.3 is 0 Å². The standard InChI is InChI=1S/C23H23N5O5S/c1-4-24-22(29)18-13-17-20(26-28(2)23(30)21(17)25-18)16-12-14(27-34(3,31)32)10-11-19(16)33-15-8-6-5-7-9-15/h5-13,25,27H,4H2,1-3H3,(H,24,29). The van der Waals surface area contributed by atoms with Gasteiger partial charge in [0.25, 0.3) is 11.5 Å². The predicted octanol–water partition coefficient (Wildman–Crippen LogP) is 2.84. The van der Waals surface area contributed by atoms with Crippen LogP contribution in [0.5, 0.6) is 11.5 Å². The molecule has 176 valence electrons. The second-order valence-electron chi connectivity index (χ2n) is 7.61. The van der Waals surface area contributed by atoms with Crippen LogP contribution in [0.15, 0.2) is 59.4 Å². The SMILES string of the molecule is CCNC(=O)c1cc2c(-c3cc(NS(C)(=O)=O)ccc3Oc3ccccc3)nn(C)c(=O)c2[nH]1. The van der Waals surface area contributed by atoms with Crippen LogP contribution in [-0.4, -0.2) is 41.9 Å². The maximum absolute atomic E-state index is 12.8. The summed E-state index contributed by atoms with van der Waals surface area (Å²) in [5.74, 6) is 0.587. The molecule has 0 spiro atoms. The van der Waals surface area contributed by atoms with Crippen LogP contribution in [0.2, 0.25) is 0 Å². The average Bonchev–Trinajstić information content (AvgIpc) is 3.23. The van der Waals surface area contributed by atoms with Crippen LogP contribution < -0.4 is 20.3 Å². The molecule has 0 saturated carbocycles. The monoisotopic (exact) mass is 481 g/mol. The summed E-state index contributed by atoms with van der Waals surface area (Å²) in [4.78, 5) is 28.0. The summed E-state index contributed by atoms with van der Waals surface area (Å²) in [6.45, 7) is 2.21. The van der Waals surface area contributed by atoms with Crippen LogP contribution >= 0.6 is 0 Å². The van der Waals surface area contributed by atoms with Crippen molar-refractivity contribution in [2.75, 3.05) is 17.5 Å². The van der Waals surface area contributed by atoms with Crippen molar-refractivity contribution in [2.24, 2.45) is 7.05 Å². The highest BCUT2D eigenvalue weighted by Crippen LogP contribution is 2.37. The quantitative estimate of drug-likeness (QED) is 0.371. The zero-order valence-corrected chi connectivity index (χ0v) is 19.6. The van der Waals surface area contributed by atoms with Crippen LogP contribution in [-0.2, 0) is 17.1 Å². The van der Waals surface area contributed by atoms with Gasteiger partial charge in [-0.05, 0) is 43.3 Å². The molecule has 0 bridgehead atoms. The summed E-state index contributed by atoms with van der Waals surface area (Å²) in [6, 6.07) is 15.4. The summed E-state index contributed by atoms with van der Waals surface area (Å²) in [7, 11) is -2.05. The Bertz CT molecular complexity index is 1540. The zero-order valence-electron chi connectivity index (χ0n) is 18.7. The number of fused-ring (bicyclic) bond motifs is 1. The highest BCUT2D eigenvalue weighted by atomic mass is 32.2. The fourth-order valence-corrected chi connectivity index (χ4v) is 4.05. The van der Waals surface area contributed by atoms with Crippen LogP contribution in [0.25, 0.3) is 22.2 Å². The first-order valence-electron chi connectivity index (χ1n) is 10.4. The van der Waals surface area contributed by atoms with E-state index in [4.69, 9.17) is 4.74 Å². The van der Waals surface area contributed by atoms with Gasteiger partial charge in [0, 0.05) is 30.2 Å². The Morgan fingerprint density at radius 2 is 1.88 bits per heavy atom. The second-order valence-corrected chi connectivity index (χ2v) is 9.36. The molecule has 0 radical (unpaired) electrons. The molecule has 34 heavy (non-hydrogen) atoms. The molecule has 4 aromatic rings.